The van der Waals surface area contributed by atoms with Gasteiger partial charge in [-0.3, -0.25) is 4.79 Å². The highest BCUT2D eigenvalue weighted by Crippen LogP contribution is 2.34. The zero-order valence-electron chi connectivity index (χ0n) is 16.3. The van der Waals surface area contributed by atoms with Crippen LogP contribution in [-0.2, 0) is 13.0 Å². The first-order chi connectivity index (χ1) is 14.7. The van der Waals surface area contributed by atoms with Crippen LogP contribution >= 0.6 is 11.6 Å². The van der Waals surface area contributed by atoms with E-state index >= 15 is 0 Å². The number of rotatable bonds is 4. The van der Waals surface area contributed by atoms with Crippen LogP contribution in [0.25, 0.3) is 16.8 Å². The fraction of sp³-hybridized carbons (Fsp3) is 0.0741. The number of carbonyl (C=O) groups is 1. The number of carbonyl (C=O) groups excluding carboxylic acids is 1. The van der Waals surface area contributed by atoms with Gasteiger partial charge in [0.15, 0.2) is 5.78 Å². The molecule has 2 nitrogen and oxygen atoms in total. The first-order valence-corrected chi connectivity index (χ1v) is 10.3. The SMILES string of the molecule is O=C1/C(=C/c2c(OCc3ccc(Cl)cc3)ccc3ccccc23)Cc2ccccc21. The predicted octanol–water partition coefficient (Wildman–Crippen LogP) is 6.89. The molecule has 146 valence electrons. The van der Waals surface area contributed by atoms with E-state index in [0.717, 1.165) is 44.3 Å². The van der Waals surface area contributed by atoms with Crippen LogP contribution in [0.4, 0.5) is 0 Å². The zero-order chi connectivity index (χ0) is 20.5. The maximum absolute atomic E-state index is 12.9. The Morgan fingerprint density at radius 2 is 1.63 bits per heavy atom. The molecule has 0 radical (unpaired) electrons. The molecular formula is C27H19ClO2. The highest BCUT2D eigenvalue weighted by atomic mass is 35.5. The van der Waals surface area contributed by atoms with Crippen LogP contribution < -0.4 is 4.74 Å². The lowest BCUT2D eigenvalue weighted by atomic mass is 10.00. The molecule has 30 heavy (non-hydrogen) atoms. The van der Waals surface area contributed by atoms with Crippen molar-refractivity contribution in [3.63, 3.8) is 0 Å². The number of benzene rings is 4. The molecule has 4 aromatic rings. The minimum absolute atomic E-state index is 0.0992. The van der Waals surface area contributed by atoms with E-state index in [0.29, 0.717) is 18.1 Å². The molecule has 0 fully saturated rings. The number of fused-ring (bicyclic) bond motifs is 2. The fourth-order valence-corrected chi connectivity index (χ4v) is 4.06. The van der Waals surface area contributed by atoms with Gasteiger partial charge >= 0.3 is 0 Å². The van der Waals surface area contributed by atoms with Crippen LogP contribution in [0.5, 0.6) is 5.75 Å². The van der Waals surface area contributed by atoms with Crippen molar-refractivity contribution in [3.05, 3.63) is 118 Å². The predicted molar refractivity (Wildman–Crippen MR) is 122 cm³/mol. The second-order valence-corrected chi connectivity index (χ2v) is 7.88. The van der Waals surface area contributed by atoms with Crippen molar-refractivity contribution in [2.75, 3.05) is 0 Å². The third-order valence-electron chi connectivity index (χ3n) is 5.49. The van der Waals surface area contributed by atoms with Gasteiger partial charge in [0.25, 0.3) is 0 Å². The molecule has 0 heterocycles. The topological polar surface area (TPSA) is 26.3 Å². The lowest BCUT2D eigenvalue weighted by Gasteiger charge is -2.13. The third-order valence-corrected chi connectivity index (χ3v) is 5.74. The normalized spacial score (nSPS) is 14.3. The summed E-state index contributed by atoms with van der Waals surface area (Å²) in [6.07, 6.45) is 2.65. The Balaban J connectivity index is 1.55. The molecule has 0 N–H and O–H groups in total. The Kier molecular flexibility index (Phi) is 4.86. The molecule has 0 unspecified atom stereocenters. The van der Waals surface area contributed by atoms with Gasteiger partial charge in [0, 0.05) is 28.1 Å². The molecule has 5 rings (SSSR count). The average molecular weight is 411 g/mol. The van der Waals surface area contributed by atoms with Crippen molar-refractivity contribution in [1.82, 2.24) is 0 Å². The van der Waals surface area contributed by atoms with Gasteiger partial charge in [-0.15, -0.1) is 0 Å². The van der Waals surface area contributed by atoms with Crippen LogP contribution in [0.2, 0.25) is 5.02 Å². The minimum Gasteiger partial charge on any atom is -0.488 e. The van der Waals surface area contributed by atoms with E-state index in [-0.39, 0.29) is 5.78 Å². The van der Waals surface area contributed by atoms with E-state index in [4.69, 9.17) is 16.3 Å². The summed E-state index contributed by atoms with van der Waals surface area (Å²) >= 11 is 5.99. The van der Waals surface area contributed by atoms with Crippen molar-refractivity contribution in [2.45, 2.75) is 13.0 Å². The number of Topliss-reactive ketones (excluding diaryl/α,β-unsaturated/α-hetero) is 1. The summed E-state index contributed by atoms with van der Waals surface area (Å²) in [5, 5.41) is 2.89. The van der Waals surface area contributed by atoms with Crippen molar-refractivity contribution in [2.24, 2.45) is 0 Å². The summed E-state index contributed by atoms with van der Waals surface area (Å²) in [5.41, 5.74) is 4.66. The first-order valence-electron chi connectivity index (χ1n) is 9.91. The summed E-state index contributed by atoms with van der Waals surface area (Å²) < 4.78 is 6.19. The lowest BCUT2D eigenvalue weighted by Crippen LogP contribution is -1.99. The number of hydrogen-bond acceptors (Lipinski definition) is 2. The summed E-state index contributed by atoms with van der Waals surface area (Å²) in [6, 6.07) is 27.7. The molecule has 0 spiro atoms. The van der Waals surface area contributed by atoms with E-state index in [1.807, 2.05) is 72.8 Å². The minimum atomic E-state index is 0.0992. The Bertz CT molecular complexity index is 1290. The van der Waals surface area contributed by atoms with Crippen LogP contribution in [-0.4, -0.2) is 5.78 Å². The summed E-state index contributed by atoms with van der Waals surface area (Å²) in [6.45, 7) is 0.430. The molecule has 0 saturated heterocycles. The Morgan fingerprint density at radius 3 is 2.47 bits per heavy atom. The lowest BCUT2D eigenvalue weighted by molar-refractivity contribution is 0.104. The molecule has 0 atom stereocenters. The molecular weight excluding hydrogens is 392 g/mol. The maximum Gasteiger partial charge on any atom is 0.189 e. The van der Waals surface area contributed by atoms with Crippen LogP contribution in [0.15, 0.2) is 90.5 Å². The summed E-state index contributed by atoms with van der Waals surface area (Å²) in [7, 11) is 0. The second kappa shape index (κ2) is 7.81. The number of ether oxygens (including phenoxy) is 1. The molecule has 3 heteroatoms. The Morgan fingerprint density at radius 1 is 0.867 bits per heavy atom. The monoisotopic (exact) mass is 410 g/mol. The zero-order valence-corrected chi connectivity index (χ0v) is 17.0. The first kappa shape index (κ1) is 18.7. The quantitative estimate of drug-likeness (QED) is 0.342. The van der Waals surface area contributed by atoms with E-state index in [1.165, 1.54) is 0 Å². The van der Waals surface area contributed by atoms with Gasteiger partial charge in [0.2, 0.25) is 0 Å². The third kappa shape index (κ3) is 3.51. The van der Waals surface area contributed by atoms with Gasteiger partial charge < -0.3 is 4.74 Å². The van der Waals surface area contributed by atoms with E-state index in [1.54, 1.807) is 0 Å². The highest BCUT2D eigenvalue weighted by molar-refractivity contribution is 6.30. The van der Waals surface area contributed by atoms with Gasteiger partial charge in [-0.05, 0) is 46.2 Å². The van der Waals surface area contributed by atoms with Gasteiger partial charge in [-0.1, -0.05) is 78.3 Å². The molecule has 1 aliphatic rings. The number of halogens is 1. The molecule has 0 saturated carbocycles. The average Bonchev–Trinajstić information content (AvgIpc) is 3.10. The van der Waals surface area contributed by atoms with Crippen molar-refractivity contribution < 1.29 is 9.53 Å². The molecule has 0 bridgehead atoms. The van der Waals surface area contributed by atoms with Gasteiger partial charge in [0.05, 0.1) is 0 Å². The molecule has 1 aliphatic carbocycles. The van der Waals surface area contributed by atoms with Gasteiger partial charge in [-0.25, -0.2) is 0 Å². The van der Waals surface area contributed by atoms with Crippen molar-refractivity contribution in [3.8, 4) is 5.75 Å². The van der Waals surface area contributed by atoms with Gasteiger partial charge in [0.1, 0.15) is 12.4 Å². The standard InChI is InChI=1S/C27H19ClO2/c28-22-12-9-18(10-13-22)17-30-26-14-11-19-5-1-3-7-23(19)25(26)16-21-15-20-6-2-4-8-24(20)27(21)29/h1-14,16H,15,17H2/b21-16+. The van der Waals surface area contributed by atoms with Crippen LogP contribution in [0.1, 0.15) is 27.0 Å². The van der Waals surface area contributed by atoms with Gasteiger partial charge in [-0.2, -0.15) is 0 Å². The van der Waals surface area contributed by atoms with Crippen molar-refractivity contribution in [1.29, 1.82) is 0 Å². The summed E-state index contributed by atoms with van der Waals surface area (Å²) in [4.78, 5) is 12.9. The molecule has 0 amide bonds. The van der Waals surface area contributed by atoms with Crippen molar-refractivity contribution >= 4 is 34.2 Å². The van der Waals surface area contributed by atoms with Crippen LogP contribution in [0, 0.1) is 0 Å². The highest BCUT2D eigenvalue weighted by Gasteiger charge is 2.24. The summed E-state index contributed by atoms with van der Waals surface area (Å²) in [5.74, 6) is 0.863. The second-order valence-electron chi connectivity index (χ2n) is 7.45. The number of ketones is 1. The van der Waals surface area contributed by atoms with E-state index in [2.05, 4.69) is 18.2 Å². The van der Waals surface area contributed by atoms with E-state index < -0.39 is 0 Å². The fourth-order valence-electron chi connectivity index (χ4n) is 3.94. The number of hydrogen-bond donors (Lipinski definition) is 0. The number of allylic oxidation sites excluding steroid dienone is 1. The maximum atomic E-state index is 12.9. The van der Waals surface area contributed by atoms with Crippen LogP contribution in [0.3, 0.4) is 0 Å². The largest absolute Gasteiger partial charge is 0.488 e. The smallest absolute Gasteiger partial charge is 0.189 e. The molecule has 0 aromatic heterocycles. The molecule has 0 aliphatic heterocycles. The van der Waals surface area contributed by atoms with E-state index in [9.17, 15) is 4.79 Å². The Hall–Kier alpha value is -3.36. The molecule has 4 aromatic carbocycles. The Labute approximate surface area is 180 Å².